The third-order valence-electron chi connectivity index (χ3n) is 2.86. The number of hydrogen-bond acceptors (Lipinski definition) is 6. The Morgan fingerprint density at radius 3 is 2.12 bits per heavy atom. The van der Waals surface area contributed by atoms with E-state index >= 15 is 0 Å². The van der Waals surface area contributed by atoms with Crippen LogP contribution in [0.25, 0.3) is 0 Å². The van der Waals surface area contributed by atoms with E-state index in [0.717, 1.165) is 0 Å². The van der Waals surface area contributed by atoms with Crippen molar-refractivity contribution >= 4 is 0 Å². The van der Waals surface area contributed by atoms with Gasteiger partial charge >= 0.3 is 0 Å². The van der Waals surface area contributed by atoms with E-state index in [4.69, 9.17) is 28.4 Å². The van der Waals surface area contributed by atoms with Crippen LogP contribution in [0.15, 0.2) is 0 Å². The summed E-state index contributed by atoms with van der Waals surface area (Å²) in [5.41, 5.74) is 0. The molecule has 0 aromatic carbocycles. The predicted molar refractivity (Wildman–Crippen MR) is 50.6 cm³/mol. The van der Waals surface area contributed by atoms with Crippen LogP contribution in [0.2, 0.25) is 0 Å². The van der Waals surface area contributed by atoms with E-state index in [9.17, 15) is 0 Å². The molecule has 0 radical (unpaired) electrons. The molecule has 2 atom stereocenters. The van der Waals surface area contributed by atoms with Crippen molar-refractivity contribution < 1.29 is 28.4 Å². The summed E-state index contributed by atoms with van der Waals surface area (Å²) in [6, 6.07) is 0. The second-order valence-electron chi connectivity index (χ2n) is 4.10. The lowest BCUT2D eigenvalue weighted by Gasteiger charge is -2.34. The van der Waals surface area contributed by atoms with Gasteiger partial charge in [-0.25, -0.2) is 0 Å². The largest absolute Gasteiger partial charge is 0.345 e. The molecule has 6 heteroatoms. The Morgan fingerprint density at radius 2 is 1.56 bits per heavy atom. The highest BCUT2D eigenvalue weighted by molar-refractivity contribution is 4.87. The van der Waals surface area contributed by atoms with E-state index in [1.54, 1.807) is 0 Å². The van der Waals surface area contributed by atoms with E-state index in [2.05, 4.69) is 0 Å². The molecule has 0 aromatic heterocycles. The average Bonchev–Trinajstić information content (AvgIpc) is 2.98. The van der Waals surface area contributed by atoms with Crippen molar-refractivity contribution in [2.24, 2.45) is 0 Å². The Labute approximate surface area is 93.7 Å². The second-order valence-corrected chi connectivity index (χ2v) is 4.10. The normalized spacial score (nSPS) is 39.6. The van der Waals surface area contributed by atoms with Crippen LogP contribution < -0.4 is 0 Å². The highest BCUT2D eigenvalue weighted by Gasteiger charge is 2.57. The first kappa shape index (κ1) is 10.9. The van der Waals surface area contributed by atoms with Crippen molar-refractivity contribution in [3.05, 3.63) is 0 Å². The van der Waals surface area contributed by atoms with E-state index in [0.29, 0.717) is 33.0 Å². The van der Waals surface area contributed by atoms with Gasteiger partial charge in [-0.3, -0.25) is 0 Å². The monoisotopic (exact) mass is 232 g/mol. The van der Waals surface area contributed by atoms with Gasteiger partial charge in [-0.15, -0.1) is 0 Å². The van der Waals surface area contributed by atoms with Gasteiger partial charge < -0.3 is 28.4 Å². The van der Waals surface area contributed by atoms with Crippen molar-refractivity contribution in [1.82, 2.24) is 0 Å². The lowest BCUT2D eigenvalue weighted by atomic mass is 10.2. The molecule has 3 heterocycles. The minimum Gasteiger partial charge on any atom is -0.345 e. The Bertz CT molecular complexity index is 246. The molecule has 3 aliphatic rings. The van der Waals surface area contributed by atoms with Gasteiger partial charge in [0.25, 0.3) is 5.79 Å². The fourth-order valence-electron chi connectivity index (χ4n) is 2.14. The highest BCUT2D eigenvalue weighted by atomic mass is 16.9. The fraction of sp³-hybridized carbons (Fsp3) is 1.00. The first-order valence-corrected chi connectivity index (χ1v) is 5.59. The molecular formula is C10H16O6. The molecule has 92 valence electrons. The van der Waals surface area contributed by atoms with Gasteiger partial charge in [-0.2, -0.15) is 0 Å². The van der Waals surface area contributed by atoms with E-state index < -0.39 is 18.4 Å². The van der Waals surface area contributed by atoms with Crippen LogP contribution in [-0.4, -0.2) is 57.5 Å². The van der Waals surface area contributed by atoms with Gasteiger partial charge in [-0.1, -0.05) is 0 Å². The molecule has 3 rings (SSSR count). The van der Waals surface area contributed by atoms with Crippen molar-refractivity contribution in [1.29, 1.82) is 0 Å². The topological polar surface area (TPSA) is 55.4 Å². The SMILES string of the molecule is CC1COC(C2(C3OCCO3)OCCO2)O1. The van der Waals surface area contributed by atoms with Gasteiger partial charge in [0, 0.05) is 0 Å². The first-order chi connectivity index (χ1) is 7.81. The summed E-state index contributed by atoms with van der Waals surface area (Å²) in [5, 5.41) is 0. The summed E-state index contributed by atoms with van der Waals surface area (Å²) in [6.45, 7) is 4.56. The smallest absolute Gasteiger partial charge is 0.273 e. The minimum atomic E-state index is -1.05. The molecule has 3 aliphatic heterocycles. The zero-order chi connectivity index (χ0) is 11.0. The van der Waals surface area contributed by atoms with E-state index in [-0.39, 0.29) is 6.10 Å². The van der Waals surface area contributed by atoms with Crippen LogP contribution in [-0.2, 0) is 28.4 Å². The van der Waals surface area contributed by atoms with Crippen molar-refractivity contribution in [2.75, 3.05) is 33.0 Å². The molecule has 16 heavy (non-hydrogen) atoms. The molecular weight excluding hydrogens is 216 g/mol. The molecule has 0 amide bonds. The highest BCUT2D eigenvalue weighted by Crippen LogP contribution is 2.36. The summed E-state index contributed by atoms with van der Waals surface area (Å²) in [7, 11) is 0. The number of ether oxygens (including phenoxy) is 6. The summed E-state index contributed by atoms with van der Waals surface area (Å²) < 4.78 is 33.3. The van der Waals surface area contributed by atoms with Gasteiger partial charge in [0.2, 0.25) is 12.6 Å². The molecule has 3 fully saturated rings. The molecule has 0 bridgehead atoms. The summed E-state index contributed by atoms with van der Waals surface area (Å²) in [5.74, 6) is -1.05. The molecule has 0 saturated carbocycles. The van der Waals surface area contributed by atoms with E-state index in [1.807, 2.05) is 6.92 Å². The van der Waals surface area contributed by atoms with Crippen LogP contribution in [0.4, 0.5) is 0 Å². The summed E-state index contributed by atoms with van der Waals surface area (Å²) in [4.78, 5) is 0. The van der Waals surface area contributed by atoms with Gasteiger partial charge in [0.05, 0.1) is 39.1 Å². The van der Waals surface area contributed by atoms with Crippen LogP contribution in [0.1, 0.15) is 6.92 Å². The molecule has 2 unspecified atom stereocenters. The van der Waals surface area contributed by atoms with Crippen molar-refractivity contribution in [2.45, 2.75) is 31.4 Å². The Morgan fingerprint density at radius 1 is 0.875 bits per heavy atom. The van der Waals surface area contributed by atoms with Crippen LogP contribution in [0.5, 0.6) is 0 Å². The average molecular weight is 232 g/mol. The van der Waals surface area contributed by atoms with Crippen LogP contribution >= 0.6 is 0 Å². The van der Waals surface area contributed by atoms with Crippen molar-refractivity contribution in [3.8, 4) is 0 Å². The Kier molecular flexibility index (Phi) is 2.87. The molecule has 0 aliphatic carbocycles. The third-order valence-corrected chi connectivity index (χ3v) is 2.86. The van der Waals surface area contributed by atoms with Crippen LogP contribution in [0.3, 0.4) is 0 Å². The summed E-state index contributed by atoms with van der Waals surface area (Å²) >= 11 is 0. The van der Waals surface area contributed by atoms with Gasteiger partial charge in [0.1, 0.15) is 0 Å². The Balaban J connectivity index is 1.78. The van der Waals surface area contributed by atoms with Gasteiger partial charge in [0.15, 0.2) is 0 Å². The minimum absolute atomic E-state index is 0.0380. The molecule has 0 N–H and O–H groups in total. The fourth-order valence-corrected chi connectivity index (χ4v) is 2.14. The molecule has 0 spiro atoms. The lowest BCUT2D eigenvalue weighted by molar-refractivity contribution is -0.356. The molecule has 6 nitrogen and oxygen atoms in total. The molecule has 3 saturated heterocycles. The standard InChI is InChI=1S/C10H16O6/c1-7-6-13-9(16-7)10(14-4-5-15-10)8-11-2-3-12-8/h7-9H,2-6H2,1H3. The van der Waals surface area contributed by atoms with Gasteiger partial charge in [-0.05, 0) is 6.92 Å². The summed E-state index contributed by atoms with van der Waals surface area (Å²) in [6.07, 6.45) is -1.10. The maximum absolute atomic E-state index is 5.63. The first-order valence-electron chi connectivity index (χ1n) is 5.59. The molecule has 0 aromatic rings. The third kappa shape index (κ3) is 1.66. The van der Waals surface area contributed by atoms with Crippen LogP contribution in [0, 0.1) is 0 Å². The Hall–Kier alpha value is -0.240. The maximum atomic E-state index is 5.63. The zero-order valence-electron chi connectivity index (χ0n) is 9.22. The number of rotatable bonds is 2. The van der Waals surface area contributed by atoms with Crippen molar-refractivity contribution in [3.63, 3.8) is 0 Å². The maximum Gasteiger partial charge on any atom is 0.273 e. The lowest BCUT2D eigenvalue weighted by Crippen LogP contribution is -2.54. The predicted octanol–water partition coefficient (Wildman–Crippen LogP) is -0.136. The second kappa shape index (κ2) is 4.21. The number of hydrogen-bond donors (Lipinski definition) is 0. The zero-order valence-corrected chi connectivity index (χ0v) is 9.22. The van der Waals surface area contributed by atoms with E-state index in [1.165, 1.54) is 0 Å². The quantitative estimate of drug-likeness (QED) is 0.660.